The highest BCUT2D eigenvalue weighted by molar-refractivity contribution is 5.69. The molecule has 8 nitrogen and oxygen atoms in total. The van der Waals surface area contributed by atoms with Gasteiger partial charge in [0.05, 0.1) is 28.3 Å². The number of esters is 2. The number of ether oxygens (including phenoxy) is 4. The van der Waals surface area contributed by atoms with Gasteiger partial charge in [0, 0.05) is 26.7 Å². The molecule has 0 spiro atoms. The van der Waals surface area contributed by atoms with Crippen molar-refractivity contribution in [2.45, 2.75) is 52.9 Å². The summed E-state index contributed by atoms with van der Waals surface area (Å²) in [5.41, 5.74) is 0. The first-order chi connectivity index (χ1) is 11.0. The zero-order chi connectivity index (χ0) is 19.3. The Kier molecular flexibility index (Phi) is 12.8. The molecule has 0 N–H and O–H groups in total. The van der Waals surface area contributed by atoms with Crippen LogP contribution in [0, 0.1) is 0 Å². The first-order valence-corrected chi connectivity index (χ1v) is 7.95. The fourth-order valence-corrected chi connectivity index (χ4v) is 1.74. The fraction of sp³-hybridized carbons (Fsp3) is 0.812. The molecule has 0 saturated carbocycles. The van der Waals surface area contributed by atoms with E-state index in [-0.39, 0.29) is 12.4 Å². The molecule has 0 aromatic carbocycles. The van der Waals surface area contributed by atoms with Gasteiger partial charge in [-0.3, -0.25) is 9.59 Å². The number of carbonyl (C=O) groups is 3. The average molecular weight is 350 g/mol. The Bertz CT molecular complexity index is 390. The molecule has 0 fully saturated rings. The van der Waals surface area contributed by atoms with Crippen molar-refractivity contribution in [2.75, 3.05) is 34.8 Å². The summed E-state index contributed by atoms with van der Waals surface area (Å²) in [4.78, 5) is 33.6. The van der Waals surface area contributed by atoms with Gasteiger partial charge in [0.25, 0.3) is 0 Å². The maximum Gasteiger partial charge on any atom is 0.511 e. The summed E-state index contributed by atoms with van der Waals surface area (Å²) < 4.78 is 19.8. The van der Waals surface area contributed by atoms with E-state index in [1.165, 1.54) is 21.0 Å². The van der Waals surface area contributed by atoms with Gasteiger partial charge in [-0.15, -0.1) is 0 Å². The van der Waals surface area contributed by atoms with E-state index in [0.717, 1.165) is 0 Å². The molecule has 24 heavy (non-hydrogen) atoms. The monoisotopic (exact) mass is 350 g/mol. The van der Waals surface area contributed by atoms with Crippen molar-refractivity contribution >= 4 is 18.1 Å². The number of nitrogens with zero attached hydrogens (tertiary/aromatic N) is 1. The summed E-state index contributed by atoms with van der Waals surface area (Å²) in [5, 5.41) is 0. The van der Waals surface area contributed by atoms with Crippen LogP contribution in [0.25, 0.3) is 0 Å². The minimum Gasteiger partial charge on any atom is -0.469 e. The Labute approximate surface area is 144 Å². The van der Waals surface area contributed by atoms with E-state index in [1.54, 1.807) is 0 Å². The maximum absolute atomic E-state index is 11.7. The van der Waals surface area contributed by atoms with Gasteiger partial charge in [0.15, 0.2) is 6.10 Å². The Morgan fingerprint density at radius 1 is 1.00 bits per heavy atom. The minimum atomic E-state index is -1.03. The van der Waals surface area contributed by atoms with E-state index in [2.05, 4.69) is 9.47 Å². The van der Waals surface area contributed by atoms with Gasteiger partial charge in [0.2, 0.25) is 6.29 Å². The largest absolute Gasteiger partial charge is 0.511 e. The lowest BCUT2D eigenvalue weighted by atomic mass is 10.2. The molecule has 8 heteroatoms. The number of carbonyl (C=O) groups excluding carboxylic acids is 3. The highest BCUT2D eigenvalue weighted by Gasteiger charge is 2.25. The lowest BCUT2D eigenvalue weighted by molar-refractivity contribution is -0.873. The minimum absolute atomic E-state index is 0.133. The smallest absolute Gasteiger partial charge is 0.469 e. The van der Waals surface area contributed by atoms with Crippen molar-refractivity contribution in [1.82, 2.24) is 0 Å². The van der Waals surface area contributed by atoms with Crippen LogP contribution in [0.1, 0.15) is 40.5 Å². The third-order valence-corrected chi connectivity index (χ3v) is 2.51. The highest BCUT2D eigenvalue weighted by atomic mass is 16.8. The van der Waals surface area contributed by atoms with E-state index in [1.807, 2.05) is 35.0 Å². The lowest BCUT2D eigenvalue weighted by Crippen LogP contribution is -2.43. The second kappa shape index (κ2) is 12.6. The molecule has 0 rings (SSSR count). The van der Waals surface area contributed by atoms with Crippen LogP contribution in [0.4, 0.5) is 4.79 Å². The molecule has 0 aromatic rings. The lowest BCUT2D eigenvalue weighted by Gasteiger charge is -2.28. The average Bonchev–Trinajstić information content (AvgIpc) is 2.43. The van der Waals surface area contributed by atoms with Gasteiger partial charge in [-0.1, -0.05) is 13.8 Å². The van der Waals surface area contributed by atoms with Crippen LogP contribution < -0.4 is 0 Å². The number of likely N-dealkylation sites (N-methyl/N-ethyl adjacent to an activating group) is 1. The molecule has 0 aromatic heterocycles. The zero-order valence-electron chi connectivity index (χ0n) is 16.1. The second-order valence-corrected chi connectivity index (χ2v) is 5.87. The van der Waals surface area contributed by atoms with Crippen molar-refractivity contribution in [2.24, 2.45) is 0 Å². The molecule has 0 saturated heterocycles. The third-order valence-electron chi connectivity index (χ3n) is 2.51. The van der Waals surface area contributed by atoms with Gasteiger partial charge in [-0.05, 0) is 0 Å². The first kappa shape index (κ1) is 24.4. The predicted molar refractivity (Wildman–Crippen MR) is 88.1 cm³/mol. The van der Waals surface area contributed by atoms with E-state index >= 15 is 0 Å². The molecule has 0 bridgehead atoms. The topological polar surface area (TPSA) is 88.1 Å². The van der Waals surface area contributed by atoms with Crippen molar-refractivity contribution in [3.05, 3.63) is 0 Å². The number of rotatable bonds is 8. The number of hydrogen-bond donors (Lipinski definition) is 0. The third kappa shape index (κ3) is 15.1. The summed E-state index contributed by atoms with van der Waals surface area (Å²) in [7, 11) is 7.09. The predicted octanol–water partition coefficient (Wildman–Crippen LogP) is 2.10. The maximum atomic E-state index is 11.7. The summed E-state index contributed by atoms with van der Waals surface area (Å²) in [6, 6.07) is 0. The highest BCUT2D eigenvalue weighted by Crippen LogP contribution is 2.10. The summed E-state index contributed by atoms with van der Waals surface area (Å²) >= 11 is 0. The van der Waals surface area contributed by atoms with Crippen LogP contribution in [-0.2, 0) is 28.5 Å². The van der Waals surface area contributed by atoms with Crippen LogP contribution in [0.3, 0.4) is 0 Å². The molecule has 0 aliphatic carbocycles. The molecule has 142 valence electrons. The van der Waals surface area contributed by atoms with Gasteiger partial charge >= 0.3 is 18.1 Å². The Hall–Kier alpha value is -1.83. The normalized spacial score (nSPS) is 12.8. The SMILES string of the molecule is CC.COC(=O)CCC(C[N+](C)(C)C)OC(=O)OC(C)OC(C)=O. The van der Waals surface area contributed by atoms with Crippen molar-refractivity contribution < 1.29 is 37.8 Å². The van der Waals surface area contributed by atoms with Gasteiger partial charge in [-0.2, -0.15) is 0 Å². The van der Waals surface area contributed by atoms with Crippen molar-refractivity contribution in [3.63, 3.8) is 0 Å². The molecule has 0 aliphatic heterocycles. The van der Waals surface area contributed by atoms with Gasteiger partial charge < -0.3 is 23.4 Å². The van der Waals surface area contributed by atoms with Crippen LogP contribution in [0.2, 0.25) is 0 Å². The van der Waals surface area contributed by atoms with E-state index in [0.29, 0.717) is 17.4 Å². The number of hydrogen-bond acceptors (Lipinski definition) is 7. The van der Waals surface area contributed by atoms with Crippen LogP contribution in [-0.4, -0.2) is 69.8 Å². The quantitative estimate of drug-likeness (QED) is 0.287. The molecule has 0 amide bonds. The standard InChI is InChI=1S/C14H26NO7.C2H6/c1-10(16)20-11(2)21-14(18)22-12(9-15(3,4)5)7-8-13(17)19-6;1-2/h11-12H,7-9H2,1-6H3;1-2H3/q+1;. The first-order valence-electron chi connectivity index (χ1n) is 7.95. The number of quaternary nitrogens is 1. The summed E-state index contributed by atoms with van der Waals surface area (Å²) in [5.74, 6) is -0.939. The number of methoxy groups -OCH3 is 1. The molecule has 0 heterocycles. The van der Waals surface area contributed by atoms with Crippen molar-refractivity contribution in [1.29, 1.82) is 0 Å². The molecule has 2 atom stereocenters. The molecule has 0 aliphatic rings. The van der Waals surface area contributed by atoms with Crippen LogP contribution >= 0.6 is 0 Å². The second-order valence-electron chi connectivity index (χ2n) is 5.87. The molecular formula is C16H32NO7+. The Morgan fingerprint density at radius 3 is 1.96 bits per heavy atom. The molecule has 2 unspecified atom stereocenters. The zero-order valence-corrected chi connectivity index (χ0v) is 16.1. The fourth-order valence-electron chi connectivity index (χ4n) is 1.74. The van der Waals surface area contributed by atoms with Gasteiger partial charge in [0.1, 0.15) is 6.54 Å². The molecule has 0 radical (unpaired) electrons. The molecular weight excluding hydrogens is 318 g/mol. The summed E-state index contributed by atoms with van der Waals surface area (Å²) in [6.45, 7) is 7.11. The Balaban J connectivity index is 0. The van der Waals surface area contributed by atoms with E-state index in [9.17, 15) is 14.4 Å². The van der Waals surface area contributed by atoms with Crippen molar-refractivity contribution in [3.8, 4) is 0 Å². The summed E-state index contributed by atoms with van der Waals surface area (Å²) in [6.07, 6.45) is -2.05. The van der Waals surface area contributed by atoms with Crippen LogP contribution in [0.5, 0.6) is 0 Å². The van der Waals surface area contributed by atoms with Crippen LogP contribution in [0.15, 0.2) is 0 Å². The van der Waals surface area contributed by atoms with E-state index in [4.69, 9.17) is 9.47 Å². The van der Waals surface area contributed by atoms with E-state index < -0.39 is 24.5 Å². The van der Waals surface area contributed by atoms with Gasteiger partial charge in [-0.25, -0.2) is 4.79 Å². The Morgan fingerprint density at radius 2 is 1.54 bits per heavy atom.